The van der Waals surface area contributed by atoms with E-state index in [2.05, 4.69) is 23.2 Å². The van der Waals surface area contributed by atoms with Crippen molar-refractivity contribution in [2.24, 2.45) is 0 Å². The van der Waals surface area contributed by atoms with Crippen LogP contribution in [0.5, 0.6) is 0 Å². The van der Waals surface area contributed by atoms with Gasteiger partial charge in [-0.25, -0.2) is 4.79 Å². The van der Waals surface area contributed by atoms with Crippen LogP contribution in [0.2, 0.25) is 0 Å². The summed E-state index contributed by atoms with van der Waals surface area (Å²) in [7, 11) is 0. The second-order valence-corrected chi connectivity index (χ2v) is 6.40. The van der Waals surface area contributed by atoms with E-state index >= 15 is 0 Å². The molecule has 0 fully saturated rings. The molecule has 4 rings (SSSR count). The average molecular weight is 298 g/mol. The van der Waals surface area contributed by atoms with E-state index in [0.29, 0.717) is 16.8 Å². The van der Waals surface area contributed by atoms with Gasteiger partial charge in [-0.15, -0.1) is 0 Å². The highest BCUT2D eigenvalue weighted by atomic mass is 32.2. The highest BCUT2D eigenvalue weighted by Gasteiger charge is 2.13. The van der Waals surface area contributed by atoms with E-state index in [0.717, 1.165) is 11.3 Å². The van der Waals surface area contributed by atoms with E-state index in [1.165, 1.54) is 28.9 Å². The molecule has 21 heavy (non-hydrogen) atoms. The van der Waals surface area contributed by atoms with Crippen LogP contribution in [0.15, 0.2) is 49.3 Å². The Morgan fingerprint density at radius 1 is 1.14 bits per heavy atom. The van der Waals surface area contributed by atoms with Crippen molar-refractivity contribution in [2.75, 3.05) is 5.73 Å². The third kappa shape index (κ3) is 2.23. The van der Waals surface area contributed by atoms with Crippen LogP contribution in [0.25, 0.3) is 11.1 Å². The summed E-state index contributed by atoms with van der Waals surface area (Å²) in [5.41, 5.74) is 10.8. The number of fused-ring (bicyclic) bond motifs is 2. The van der Waals surface area contributed by atoms with Gasteiger partial charge >= 0.3 is 5.76 Å². The first-order valence-corrected chi connectivity index (χ1v) is 7.73. The number of hydrogen-bond acceptors (Lipinski definition) is 4. The summed E-state index contributed by atoms with van der Waals surface area (Å²) >= 11 is 1.62. The van der Waals surface area contributed by atoms with Crippen LogP contribution in [0, 0.1) is 0 Å². The molecule has 1 aliphatic rings. The Balaban J connectivity index is 1.73. The summed E-state index contributed by atoms with van der Waals surface area (Å²) in [5.74, 6) is -0.455. The number of aromatic amines is 1. The zero-order chi connectivity index (χ0) is 14.4. The number of nitrogen functional groups attached to an aromatic ring is 1. The van der Waals surface area contributed by atoms with Gasteiger partial charge in [0, 0.05) is 21.5 Å². The Morgan fingerprint density at radius 2 is 2.00 bits per heavy atom. The van der Waals surface area contributed by atoms with Crippen molar-refractivity contribution >= 4 is 28.5 Å². The SMILES string of the molecule is Nc1cc2oc(=O)[nH]c2cc1Sc1ccc2c(c1)CCC2. The molecule has 0 amide bonds. The number of oxazole rings is 1. The normalized spacial score (nSPS) is 13.7. The summed E-state index contributed by atoms with van der Waals surface area (Å²) in [6.45, 7) is 0. The highest BCUT2D eigenvalue weighted by Crippen LogP contribution is 2.36. The molecule has 3 aromatic rings. The first-order chi connectivity index (χ1) is 10.2. The predicted octanol–water partition coefficient (Wildman–Crippen LogP) is 3.34. The quantitative estimate of drug-likeness (QED) is 0.712. The van der Waals surface area contributed by atoms with Crippen molar-refractivity contribution in [3.05, 3.63) is 52.0 Å². The first kappa shape index (κ1) is 12.6. The molecule has 0 spiro atoms. The number of aryl methyl sites for hydroxylation is 2. The molecule has 4 nitrogen and oxygen atoms in total. The molecule has 0 saturated carbocycles. The van der Waals surface area contributed by atoms with Crippen LogP contribution in [0.1, 0.15) is 17.5 Å². The van der Waals surface area contributed by atoms with Crippen molar-refractivity contribution in [3.63, 3.8) is 0 Å². The molecule has 0 radical (unpaired) electrons. The van der Waals surface area contributed by atoms with Crippen LogP contribution in [-0.4, -0.2) is 4.98 Å². The van der Waals surface area contributed by atoms with E-state index in [-0.39, 0.29) is 0 Å². The number of rotatable bonds is 2. The molecular weight excluding hydrogens is 284 g/mol. The lowest BCUT2D eigenvalue weighted by molar-refractivity contribution is 0.555. The molecule has 2 aromatic carbocycles. The topological polar surface area (TPSA) is 72.0 Å². The molecule has 0 bridgehead atoms. The molecule has 0 saturated heterocycles. The van der Waals surface area contributed by atoms with Crippen LogP contribution in [0.3, 0.4) is 0 Å². The molecular formula is C16H14N2O2S. The Hall–Kier alpha value is -2.14. The summed E-state index contributed by atoms with van der Waals surface area (Å²) in [5, 5.41) is 0. The minimum Gasteiger partial charge on any atom is -0.408 e. The summed E-state index contributed by atoms with van der Waals surface area (Å²) < 4.78 is 5.01. The summed E-state index contributed by atoms with van der Waals surface area (Å²) in [6, 6.07) is 10.2. The van der Waals surface area contributed by atoms with Crippen LogP contribution in [0.4, 0.5) is 5.69 Å². The van der Waals surface area contributed by atoms with Crippen molar-refractivity contribution in [1.29, 1.82) is 0 Å². The standard InChI is InChI=1S/C16H14N2O2S/c17-12-7-14-13(18-16(19)20-14)8-15(12)21-11-5-4-9-2-1-3-10(9)6-11/h4-8H,1-3,17H2,(H,18,19). The minimum atomic E-state index is -0.455. The Morgan fingerprint density at radius 3 is 2.90 bits per heavy atom. The molecule has 3 N–H and O–H groups in total. The fraction of sp³-hybridized carbons (Fsp3) is 0.188. The van der Waals surface area contributed by atoms with E-state index < -0.39 is 5.76 Å². The van der Waals surface area contributed by atoms with Crippen molar-refractivity contribution < 1.29 is 4.42 Å². The van der Waals surface area contributed by atoms with Crippen LogP contribution in [-0.2, 0) is 12.8 Å². The third-order valence-corrected chi connectivity index (χ3v) is 4.91. The van der Waals surface area contributed by atoms with Crippen LogP contribution >= 0.6 is 11.8 Å². The largest absolute Gasteiger partial charge is 0.417 e. The average Bonchev–Trinajstić information content (AvgIpc) is 3.04. The van der Waals surface area contributed by atoms with Gasteiger partial charge < -0.3 is 10.2 Å². The molecule has 5 heteroatoms. The maximum Gasteiger partial charge on any atom is 0.417 e. The zero-order valence-corrected chi connectivity index (χ0v) is 12.1. The van der Waals surface area contributed by atoms with Gasteiger partial charge in [0.15, 0.2) is 5.58 Å². The smallest absolute Gasteiger partial charge is 0.408 e. The maximum atomic E-state index is 11.2. The highest BCUT2D eigenvalue weighted by molar-refractivity contribution is 7.99. The van der Waals surface area contributed by atoms with Crippen molar-refractivity contribution in [2.45, 2.75) is 29.1 Å². The summed E-state index contributed by atoms with van der Waals surface area (Å²) in [6.07, 6.45) is 3.59. The number of aromatic nitrogens is 1. The number of nitrogens with two attached hydrogens (primary N) is 1. The molecule has 106 valence electrons. The van der Waals surface area contributed by atoms with Gasteiger partial charge in [0.1, 0.15) is 0 Å². The van der Waals surface area contributed by atoms with Gasteiger partial charge in [-0.05, 0) is 48.6 Å². The van der Waals surface area contributed by atoms with E-state index in [4.69, 9.17) is 10.2 Å². The first-order valence-electron chi connectivity index (χ1n) is 6.91. The van der Waals surface area contributed by atoms with Gasteiger partial charge in [0.05, 0.1) is 5.52 Å². The lowest BCUT2D eigenvalue weighted by atomic mass is 10.1. The molecule has 0 atom stereocenters. The van der Waals surface area contributed by atoms with Gasteiger partial charge in [0.25, 0.3) is 0 Å². The fourth-order valence-corrected chi connectivity index (χ4v) is 3.76. The number of benzene rings is 2. The molecule has 1 aromatic heterocycles. The Bertz CT molecular complexity index is 895. The molecule has 1 aliphatic carbocycles. The summed E-state index contributed by atoms with van der Waals surface area (Å²) in [4.78, 5) is 16.0. The zero-order valence-electron chi connectivity index (χ0n) is 11.3. The van der Waals surface area contributed by atoms with Crippen LogP contribution < -0.4 is 11.5 Å². The molecule has 0 unspecified atom stereocenters. The van der Waals surface area contributed by atoms with E-state index in [9.17, 15) is 4.79 Å². The van der Waals surface area contributed by atoms with E-state index in [1.54, 1.807) is 17.8 Å². The Labute approximate surface area is 125 Å². The monoisotopic (exact) mass is 298 g/mol. The number of H-pyrrole nitrogens is 1. The second kappa shape index (κ2) is 4.70. The Kier molecular flexibility index (Phi) is 2.82. The van der Waals surface area contributed by atoms with Gasteiger partial charge in [-0.3, -0.25) is 4.98 Å². The molecule has 1 heterocycles. The lowest BCUT2D eigenvalue weighted by Crippen LogP contribution is -1.93. The second-order valence-electron chi connectivity index (χ2n) is 5.29. The van der Waals surface area contributed by atoms with Crippen molar-refractivity contribution in [1.82, 2.24) is 4.98 Å². The van der Waals surface area contributed by atoms with Crippen molar-refractivity contribution in [3.8, 4) is 0 Å². The maximum absolute atomic E-state index is 11.2. The number of nitrogens with one attached hydrogen (secondary N) is 1. The van der Waals surface area contributed by atoms with Gasteiger partial charge in [-0.2, -0.15) is 0 Å². The van der Waals surface area contributed by atoms with E-state index in [1.807, 2.05) is 6.07 Å². The number of hydrogen-bond donors (Lipinski definition) is 2. The fourth-order valence-electron chi connectivity index (χ4n) is 2.82. The lowest BCUT2D eigenvalue weighted by Gasteiger charge is -2.07. The number of anilines is 1. The predicted molar refractivity (Wildman–Crippen MR) is 83.8 cm³/mol. The third-order valence-electron chi connectivity index (χ3n) is 3.85. The van der Waals surface area contributed by atoms with Gasteiger partial charge in [-0.1, -0.05) is 17.8 Å². The molecule has 0 aliphatic heterocycles. The van der Waals surface area contributed by atoms with Gasteiger partial charge in [0.2, 0.25) is 0 Å². The minimum absolute atomic E-state index is 0.455.